The van der Waals surface area contributed by atoms with Crippen LogP contribution in [0.15, 0.2) is 36.7 Å². The molecule has 1 N–H and O–H groups in total. The summed E-state index contributed by atoms with van der Waals surface area (Å²) in [5, 5.41) is 4.24. The molecule has 102 valence electrons. The smallest absolute Gasteiger partial charge is 0.130 e. The first-order chi connectivity index (χ1) is 9.26. The number of hydrogen-bond donors (Lipinski definition) is 1. The topological polar surface area (TPSA) is 29.9 Å². The second-order valence-electron chi connectivity index (χ2n) is 4.52. The highest BCUT2D eigenvalue weighted by atomic mass is 35.5. The van der Waals surface area contributed by atoms with Gasteiger partial charge in [-0.05, 0) is 30.7 Å². The summed E-state index contributed by atoms with van der Waals surface area (Å²) in [6.07, 6.45) is 4.99. The highest BCUT2D eigenvalue weighted by Gasteiger charge is 2.18. The van der Waals surface area contributed by atoms with Gasteiger partial charge in [-0.15, -0.1) is 0 Å². The lowest BCUT2D eigenvalue weighted by molar-refractivity contribution is 0.544. The first-order valence-corrected chi connectivity index (χ1v) is 7.14. The molecule has 0 aliphatic carbocycles. The Bertz CT molecular complexity index is 522. The second kappa shape index (κ2) is 6.73. The fourth-order valence-electron chi connectivity index (χ4n) is 2.26. The summed E-state index contributed by atoms with van der Waals surface area (Å²) in [7, 11) is 0. The zero-order chi connectivity index (χ0) is 13.7. The lowest BCUT2D eigenvalue weighted by Gasteiger charge is -2.19. The minimum absolute atomic E-state index is 0.0882. The van der Waals surface area contributed by atoms with Crippen LogP contribution in [0.1, 0.15) is 37.7 Å². The Morgan fingerprint density at radius 2 is 2.21 bits per heavy atom. The van der Waals surface area contributed by atoms with Crippen LogP contribution < -0.4 is 5.32 Å². The maximum atomic E-state index is 6.10. The van der Waals surface area contributed by atoms with E-state index in [0.29, 0.717) is 0 Å². The highest BCUT2D eigenvalue weighted by Crippen LogP contribution is 2.23. The molecule has 0 fully saturated rings. The van der Waals surface area contributed by atoms with Crippen LogP contribution in [0.2, 0.25) is 5.02 Å². The molecule has 19 heavy (non-hydrogen) atoms. The Hall–Kier alpha value is -1.32. The maximum Gasteiger partial charge on any atom is 0.130 e. The predicted molar refractivity (Wildman–Crippen MR) is 79.5 cm³/mol. The number of nitrogens with one attached hydrogen (secondary N) is 1. The van der Waals surface area contributed by atoms with Crippen molar-refractivity contribution in [1.29, 1.82) is 0 Å². The zero-order valence-corrected chi connectivity index (χ0v) is 12.2. The molecule has 0 saturated heterocycles. The van der Waals surface area contributed by atoms with Crippen molar-refractivity contribution in [2.45, 2.75) is 32.9 Å². The molecule has 1 atom stereocenters. The third kappa shape index (κ3) is 3.37. The summed E-state index contributed by atoms with van der Waals surface area (Å²) in [5.74, 6) is 1.05. The van der Waals surface area contributed by atoms with E-state index in [4.69, 9.17) is 11.6 Å². The average Bonchev–Trinajstić information content (AvgIpc) is 2.84. The summed E-state index contributed by atoms with van der Waals surface area (Å²) in [4.78, 5) is 4.52. The van der Waals surface area contributed by atoms with Crippen LogP contribution in [0.25, 0.3) is 0 Å². The van der Waals surface area contributed by atoms with Crippen molar-refractivity contribution in [2.24, 2.45) is 0 Å². The van der Waals surface area contributed by atoms with Crippen LogP contribution in [-0.2, 0) is 6.54 Å². The zero-order valence-electron chi connectivity index (χ0n) is 11.4. The van der Waals surface area contributed by atoms with Crippen LogP contribution in [0.5, 0.6) is 0 Å². The summed E-state index contributed by atoms with van der Waals surface area (Å²) in [6.45, 7) is 6.14. The molecule has 0 radical (unpaired) electrons. The van der Waals surface area contributed by atoms with E-state index in [2.05, 4.69) is 34.8 Å². The molecule has 2 aromatic rings. The van der Waals surface area contributed by atoms with E-state index in [9.17, 15) is 0 Å². The van der Waals surface area contributed by atoms with Crippen LogP contribution in [0.4, 0.5) is 0 Å². The molecule has 1 heterocycles. The maximum absolute atomic E-state index is 6.10. The SMILES string of the molecule is CCCn1ccnc1C(NCC)c1cccc(Cl)c1. The molecule has 3 nitrogen and oxygen atoms in total. The molecule has 1 unspecified atom stereocenters. The monoisotopic (exact) mass is 277 g/mol. The molecule has 0 spiro atoms. The lowest BCUT2D eigenvalue weighted by Crippen LogP contribution is -2.25. The van der Waals surface area contributed by atoms with Gasteiger partial charge in [0, 0.05) is 24.0 Å². The van der Waals surface area contributed by atoms with Crippen LogP contribution >= 0.6 is 11.6 Å². The molecular formula is C15H20ClN3. The number of halogens is 1. The fraction of sp³-hybridized carbons (Fsp3) is 0.400. The number of nitrogens with zero attached hydrogens (tertiary/aromatic N) is 2. The van der Waals surface area contributed by atoms with Crippen molar-refractivity contribution in [1.82, 2.24) is 14.9 Å². The summed E-state index contributed by atoms with van der Waals surface area (Å²) in [6, 6.07) is 8.05. The van der Waals surface area contributed by atoms with Gasteiger partial charge in [-0.2, -0.15) is 0 Å². The van der Waals surface area contributed by atoms with Crippen LogP contribution in [0, 0.1) is 0 Å². The Labute approximate surface area is 119 Å². The van der Waals surface area contributed by atoms with E-state index in [1.807, 2.05) is 30.6 Å². The van der Waals surface area contributed by atoms with E-state index in [0.717, 1.165) is 35.9 Å². The number of rotatable bonds is 6. The van der Waals surface area contributed by atoms with E-state index in [1.54, 1.807) is 0 Å². The largest absolute Gasteiger partial charge is 0.333 e. The van der Waals surface area contributed by atoms with Crippen molar-refractivity contribution in [3.05, 3.63) is 53.1 Å². The summed E-state index contributed by atoms with van der Waals surface area (Å²) in [5.41, 5.74) is 1.15. The molecule has 0 aliphatic heterocycles. The Balaban J connectivity index is 2.36. The van der Waals surface area contributed by atoms with Gasteiger partial charge in [0.25, 0.3) is 0 Å². The average molecular weight is 278 g/mol. The van der Waals surface area contributed by atoms with Gasteiger partial charge < -0.3 is 9.88 Å². The van der Waals surface area contributed by atoms with E-state index in [-0.39, 0.29) is 6.04 Å². The number of imidazole rings is 1. The number of aromatic nitrogens is 2. The van der Waals surface area contributed by atoms with Crippen molar-refractivity contribution in [3.8, 4) is 0 Å². The number of aryl methyl sites for hydroxylation is 1. The van der Waals surface area contributed by atoms with Crippen LogP contribution in [0.3, 0.4) is 0 Å². The van der Waals surface area contributed by atoms with Crippen molar-refractivity contribution < 1.29 is 0 Å². The minimum Gasteiger partial charge on any atom is -0.333 e. The van der Waals surface area contributed by atoms with Gasteiger partial charge in [0.1, 0.15) is 5.82 Å². The number of benzene rings is 1. The van der Waals surface area contributed by atoms with Gasteiger partial charge in [0.05, 0.1) is 6.04 Å². The van der Waals surface area contributed by atoms with Gasteiger partial charge in [-0.3, -0.25) is 0 Å². The Morgan fingerprint density at radius 1 is 1.37 bits per heavy atom. The van der Waals surface area contributed by atoms with Gasteiger partial charge in [-0.25, -0.2) is 4.98 Å². The molecule has 4 heteroatoms. The lowest BCUT2D eigenvalue weighted by atomic mass is 10.1. The highest BCUT2D eigenvalue weighted by molar-refractivity contribution is 6.30. The Morgan fingerprint density at radius 3 is 2.89 bits per heavy atom. The third-order valence-electron chi connectivity index (χ3n) is 3.06. The minimum atomic E-state index is 0.0882. The molecule has 2 rings (SSSR count). The third-order valence-corrected chi connectivity index (χ3v) is 3.30. The first kappa shape index (κ1) is 14.1. The van der Waals surface area contributed by atoms with E-state index >= 15 is 0 Å². The standard InChI is InChI=1S/C15H20ClN3/c1-3-9-19-10-8-18-15(19)14(17-4-2)12-6-5-7-13(16)11-12/h5-8,10-11,14,17H,3-4,9H2,1-2H3. The Kier molecular flexibility index (Phi) is 5.00. The van der Waals surface area contributed by atoms with Gasteiger partial charge >= 0.3 is 0 Å². The van der Waals surface area contributed by atoms with Crippen molar-refractivity contribution >= 4 is 11.6 Å². The molecule has 0 saturated carbocycles. The van der Waals surface area contributed by atoms with E-state index in [1.165, 1.54) is 0 Å². The molecule has 1 aromatic carbocycles. The predicted octanol–water partition coefficient (Wildman–Crippen LogP) is 3.65. The van der Waals surface area contributed by atoms with E-state index < -0.39 is 0 Å². The molecule has 0 bridgehead atoms. The van der Waals surface area contributed by atoms with Crippen molar-refractivity contribution in [3.63, 3.8) is 0 Å². The molecular weight excluding hydrogens is 258 g/mol. The van der Waals surface area contributed by atoms with Gasteiger partial charge in [0.15, 0.2) is 0 Å². The normalized spacial score (nSPS) is 12.6. The van der Waals surface area contributed by atoms with Crippen LogP contribution in [-0.4, -0.2) is 16.1 Å². The molecule has 0 amide bonds. The first-order valence-electron chi connectivity index (χ1n) is 6.76. The number of hydrogen-bond acceptors (Lipinski definition) is 2. The van der Waals surface area contributed by atoms with Crippen molar-refractivity contribution in [2.75, 3.05) is 6.54 Å². The fourth-order valence-corrected chi connectivity index (χ4v) is 2.46. The summed E-state index contributed by atoms with van der Waals surface area (Å²) < 4.78 is 2.20. The van der Waals surface area contributed by atoms with Gasteiger partial charge in [-0.1, -0.05) is 37.6 Å². The quantitative estimate of drug-likeness (QED) is 0.874. The molecule has 0 aliphatic rings. The molecule has 1 aromatic heterocycles. The second-order valence-corrected chi connectivity index (χ2v) is 4.96. The summed E-state index contributed by atoms with van der Waals surface area (Å²) >= 11 is 6.10. The van der Waals surface area contributed by atoms with Gasteiger partial charge in [0.2, 0.25) is 0 Å².